The molecule has 33 heavy (non-hydrogen) atoms. The maximum Gasteiger partial charge on any atom is 0.229 e. The van der Waals surface area contributed by atoms with Crippen molar-refractivity contribution < 1.29 is 59.1 Å². The highest BCUT2D eigenvalue weighted by Crippen LogP contribution is 2.34. The molecule has 0 radical (unpaired) electrons. The van der Waals surface area contributed by atoms with Crippen LogP contribution in [0.2, 0.25) is 0 Å². The molecule has 0 spiro atoms. The molecule has 0 aliphatic carbocycles. The van der Waals surface area contributed by atoms with Gasteiger partial charge >= 0.3 is 0 Å². The van der Waals surface area contributed by atoms with Crippen LogP contribution < -0.4 is 9.47 Å². The highest BCUT2D eigenvalue weighted by atomic mass is 16.7. The Kier molecular flexibility index (Phi) is 7.94. The van der Waals surface area contributed by atoms with E-state index in [-0.39, 0.29) is 23.9 Å². The van der Waals surface area contributed by atoms with Crippen LogP contribution in [0.15, 0.2) is 18.2 Å². The Morgan fingerprint density at radius 3 is 2.48 bits per heavy atom. The molecule has 0 bridgehead atoms. The zero-order chi connectivity index (χ0) is 24.4. The standard InChI is InChI=1S/C21H30O12/c1-3-12(23)11-4-5-13(14(6-11)29-2)32-19-18(26)17(25)16(24)15(33-19)7-31-21(28)10-30-9-20(21,27)8-22/h4-6,15-19,22,24-28H,3,7-10H2,1-2H3/t15-,16-,17+,18-,19-,20-,21-/m0/s1. The Morgan fingerprint density at radius 1 is 1.12 bits per heavy atom. The molecule has 12 heteroatoms. The fourth-order valence-corrected chi connectivity index (χ4v) is 3.59. The van der Waals surface area contributed by atoms with Crippen molar-refractivity contribution in [3.8, 4) is 11.5 Å². The summed E-state index contributed by atoms with van der Waals surface area (Å²) in [6, 6.07) is 4.42. The zero-order valence-electron chi connectivity index (χ0n) is 18.3. The number of ketones is 1. The summed E-state index contributed by atoms with van der Waals surface area (Å²) in [6.45, 7) is -0.500. The highest BCUT2D eigenvalue weighted by Gasteiger charge is 2.57. The number of aliphatic hydroxyl groups excluding tert-OH is 4. The number of Topliss-reactive ketones (excluding diaryl/α,β-unsaturated/α-hetero) is 1. The number of hydrogen-bond donors (Lipinski definition) is 6. The fourth-order valence-electron chi connectivity index (χ4n) is 3.59. The van der Waals surface area contributed by atoms with Gasteiger partial charge in [0.1, 0.15) is 31.0 Å². The number of carbonyl (C=O) groups excluding carboxylic acids is 1. The van der Waals surface area contributed by atoms with E-state index in [1.165, 1.54) is 25.3 Å². The molecule has 2 aliphatic heterocycles. The number of aliphatic hydroxyl groups is 6. The lowest BCUT2D eigenvalue weighted by Crippen LogP contribution is -2.62. The summed E-state index contributed by atoms with van der Waals surface area (Å²) in [5, 5.41) is 61.1. The van der Waals surface area contributed by atoms with Gasteiger partial charge in [-0.1, -0.05) is 6.92 Å². The first-order chi connectivity index (χ1) is 15.6. The maximum atomic E-state index is 11.9. The summed E-state index contributed by atoms with van der Waals surface area (Å²) in [5.74, 6) is -2.10. The van der Waals surface area contributed by atoms with Gasteiger partial charge in [-0.25, -0.2) is 0 Å². The predicted molar refractivity (Wildman–Crippen MR) is 109 cm³/mol. The number of ether oxygens (including phenoxy) is 5. The van der Waals surface area contributed by atoms with Crippen LogP contribution in [0.3, 0.4) is 0 Å². The van der Waals surface area contributed by atoms with Gasteiger partial charge in [0.25, 0.3) is 0 Å². The average molecular weight is 474 g/mol. The molecule has 0 amide bonds. The largest absolute Gasteiger partial charge is 0.493 e. The Labute approximate surface area is 189 Å². The van der Waals surface area contributed by atoms with Crippen molar-refractivity contribution in [1.82, 2.24) is 0 Å². The Bertz CT molecular complexity index is 833. The van der Waals surface area contributed by atoms with E-state index in [0.717, 1.165) is 0 Å². The molecule has 1 aromatic rings. The zero-order valence-corrected chi connectivity index (χ0v) is 18.3. The minimum atomic E-state index is -2.28. The van der Waals surface area contributed by atoms with E-state index < -0.39 is 61.9 Å². The number of hydrogen-bond acceptors (Lipinski definition) is 12. The van der Waals surface area contributed by atoms with E-state index in [9.17, 15) is 35.4 Å². The van der Waals surface area contributed by atoms with Crippen LogP contribution in [0.1, 0.15) is 23.7 Å². The summed E-state index contributed by atoms with van der Waals surface area (Å²) < 4.78 is 26.8. The summed E-state index contributed by atoms with van der Waals surface area (Å²) in [7, 11) is 1.36. The van der Waals surface area contributed by atoms with E-state index >= 15 is 0 Å². The third kappa shape index (κ3) is 4.99. The molecule has 12 nitrogen and oxygen atoms in total. The molecule has 2 aliphatic rings. The number of methoxy groups -OCH3 is 1. The van der Waals surface area contributed by atoms with Crippen LogP contribution in [0, 0.1) is 0 Å². The lowest BCUT2D eigenvalue weighted by Gasteiger charge is -2.42. The molecule has 1 aromatic carbocycles. The second-order valence-corrected chi connectivity index (χ2v) is 8.05. The Balaban J connectivity index is 1.74. The third-order valence-electron chi connectivity index (χ3n) is 5.83. The SMILES string of the molecule is CCC(=O)c1ccc(O[C@H]2O[C@@H](CO[C@@]3(O)COC[C@@]3(O)CO)[C@H](O)[C@@H](O)[C@@H]2O)c(OC)c1. The molecular formula is C21H30O12. The fraction of sp³-hybridized carbons (Fsp3) is 0.667. The third-order valence-corrected chi connectivity index (χ3v) is 5.83. The van der Waals surface area contributed by atoms with Crippen LogP contribution in [-0.4, -0.2) is 112 Å². The smallest absolute Gasteiger partial charge is 0.229 e. The molecule has 0 unspecified atom stereocenters. The van der Waals surface area contributed by atoms with Crippen LogP contribution in [0.25, 0.3) is 0 Å². The molecular weight excluding hydrogens is 444 g/mol. The minimum absolute atomic E-state index is 0.106. The van der Waals surface area contributed by atoms with Crippen molar-refractivity contribution in [2.45, 2.75) is 55.4 Å². The summed E-state index contributed by atoms with van der Waals surface area (Å²) in [5.41, 5.74) is -1.69. The number of carbonyl (C=O) groups is 1. The van der Waals surface area contributed by atoms with Crippen LogP contribution in [-0.2, 0) is 14.2 Å². The Hall–Kier alpha value is -1.87. The van der Waals surface area contributed by atoms with Gasteiger partial charge < -0.3 is 54.3 Å². The van der Waals surface area contributed by atoms with Crippen molar-refractivity contribution >= 4 is 5.78 Å². The first-order valence-electron chi connectivity index (χ1n) is 10.4. The van der Waals surface area contributed by atoms with Gasteiger partial charge in [-0.05, 0) is 18.2 Å². The number of rotatable bonds is 9. The first kappa shape index (κ1) is 25.7. The lowest BCUT2D eigenvalue weighted by molar-refractivity contribution is -0.321. The first-order valence-corrected chi connectivity index (χ1v) is 10.4. The van der Waals surface area contributed by atoms with Crippen molar-refractivity contribution in [3.63, 3.8) is 0 Å². The van der Waals surface area contributed by atoms with Gasteiger partial charge in [-0.2, -0.15) is 0 Å². The molecule has 0 saturated carbocycles. The van der Waals surface area contributed by atoms with Gasteiger partial charge in [-0.15, -0.1) is 0 Å². The maximum absolute atomic E-state index is 11.9. The molecule has 0 aromatic heterocycles. The molecule has 7 atom stereocenters. The predicted octanol–water partition coefficient (Wildman–Crippen LogP) is -2.07. The average Bonchev–Trinajstić information content (AvgIpc) is 3.12. The molecule has 2 fully saturated rings. The van der Waals surface area contributed by atoms with Gasteiger partial charge in [0.15, 0.2) is 22.9 Å². The molecule has 186 valence electrons. The molecule has 2 saturated heterocycles. The monoisotopic (exact) mass is 474 g/mol. The second kappa shape index (κ2) is 10.2. The highest BCUT2D eigenvalue weighted by molar-refractivity contribution is 5.96. The summed E-state index contributed by atoms with van der Waals surface area (Å²) in [6.07, 6.45) is -7.47. The van der Waals surface area contributed by atoms with Gasteiger partial charge in [0.2, 0.25) is 12.1 Å². The lowest BCUT2D eigenvalue weighted by atomic mass is 9.96. The van der Waals surface area contributed by atoms with Crippen molar-refractivity contribution in [2.75, 3.05) is 33.5 Å². The second-order valence-electron chi connectivity index (χ2n) is 8.05. The van der Waals surface area contributed by atoms with Gasteiger partial charge in [0, 0.05) is 12.0 Å². The molecule has 6 N–H and O–H groups in total. The van der Waals surface area contributed by atoms with Gasteiger partial charge in [-0.3, -0.25) is 4.79 Å². The van der Waals surface area contributed by atoms with Crippen LogP contribution in [0.4, 0.5) is 0 Å². The van der Waals surface area contributed by atoms with E-state index in [4.69, 9.17) is 23.7 Å². The van der Waals surface area contributed by atoms with Crippen molar-refractivity contribution in [1.29, 1.82) is 0 Å². The Morgan fingerprint density at radius 2 is 1.85 bits per heavy atom. The number of benzene rings is 1. The topological polar surface area (TPSA) is 185 Å². The van der Waals surface area contributed by atoms with E-state index in [1.54, 1.807) is 6.92 Å². The molecule has 3 rings (SSSR count). The summed E-state index contributed by atoms with van der Waals surface area (Å²) in [4.78, 5) is 11.9. The van der Waals surface area contributed by atoms with Gasteiger partial charge in [0.05, 0.1) is 26.9 Å². The van der Waals surface area contributed by atoms with Crippen LogP contribution >= 0.6 is 0 Å². The van der Waals surface area contributed by atoms with Crippen molar-refractivity contribution in [3.05, 3.63) is 23.8 Å². The quantitative estimate of drug-likeness (QED) is 0.170. The normalized spacial score (nSPS) is 36.5. The minimum Gasteiger partial charge on any atom is -0.493 e. The van der Waals surface area contributed by atoms with Crippen LogP contribution in [0.5, 0.6) is 11.5 Å². The van der Waals surface area contributed by atoms with Crippen molar-refractivity contribution in [2.24, 2.45) is 0 Å². The molecule has 2 heterocycles. The van der Waals surface area contributed by atoms with E-state index in [2.05, 4.69) is 0 Å². The van der Waals surface area contributed by atoms with E-state index in [0.29, 0.717) is 12.0 Å². The van der Waals surface area contributed by atoms with E-state index in [1.807, 2.05) is 0 Å². The summed E-state index contributed by atoms with van der Waals surface area (Å²) >= 11 is 0.